The number of hydrogen-bond donors (Lipinski definition) is 1. The topological polar surface area (TPSA) is 51.9 Å². The maximum absolute atomic E-state index is 11.9. The van der Waals surface area contributed by atoms with Gasteiger partial charge >= 0.3 is 5.66 Å². The van der Waals surface area contributed by atoms with Crippen LogP contribution < -0.4 is 5.32 Å². The second-order valence-corrected chi connectivity index (χ2v) is 3.96. The van der Waals surface area contributed by atoms with Crippen LogP contribution in [0.1, 0.15) is 17.3 Å². The number of hydrogen-bond acceptors (Lipinski definition) is 3. The number of methoxy groups -OCH3 is 1. The molecule has 1 unspecified atom stereocenters. The van der Waals surface area contributed by atoms with Gasteiger partial charge in [-0.15, -0.1) is 0 Å². The molecule has 5 heteroatoms. The van der Waals surface area contributed by atoms with Gasteiger partial charge in [-0.1, -0.05) is 18.2 Å². The van der Waals surface area contributed by atoms with Crippen LogP contribution in [0, 0.1) is 6.57 Å². The van der Waals surface area contributed by atoms with E-state index in [4.69, 9.17) is 16.0 Å². The van der Waals surface area contributed by atoms with Crippen LogP contribution >= 0.6 is 0 Å². The van der Waals surface area contributed by atoms with Crippen LogP contribution in [-0.2, 0) is 9.47 Å². The molecule has 18 heavy (non-hydrogen) atoms. The predicted molar refractivity (Wildman–Crippen MR) is 66.7 cm³/mol. The lowest BCUT2D eigenvalue weighted by Crippen LogP contribution is -2.47. The van der Waals surface area contributed by atoms with Crippen molar-refractivity contribution in [3.8, 4) is 0 Å². The standard InChI is InChI=1S/C13H16N2O3/c1-13(14-2,9-18-10-17-3)15-12(16)11-7-5-4-6-8-11/h4-8H,9-10H2,1,3H3,(H,15,16). The Morgan fingerprint density at radius 3 is 2.67 bits per heavy atom. The van der Waals surface area contributed by atoms with Gasteiger partial charge in [-0.2, -0.15) is 0 Å². The lowest BCUT2D eigenvalue weighted by Gasteiger charge is -2.18. The van der Waals surface area contributed by atoms with Gasteiger partial charge in [0, 0.05) is 19.6 Å². The summed E-state index contributed by atoms with van der Waals surface area (Å²) in [6.07, 6.45) is 0. The third-order valence-electron chi connectivity index (χ3n) is 2.25. The zero-order valence-electron chi connectivity index (χ0n) is 10.5. The summed E-state index contributed by atoms with van der Waals surface area (Å²) < 4.78 is 9.86. The molecule has 1 aromatic rings. The largest absolute Gasteiger partial charge is 0.359 e. The molecular weight excluding hydrogens is 232 g/mol. The SMILES string of the molecule is [C-]#[N+]C(C)(COCOC)NC(=O)c1ccccc1. The van der Waals surface area contributed by atoms with E-state index in [0.29, 0.717) is 5.56 Å². The molecule has 1 amide bonds. The lowest BCUT2D eigenvalue weighted by atomic mass is 10.1. The summed E-state index contributed by atoms with van der Waals surface area (Å²) in [5.41, 5.74) is -0.579. The fourth-order valence-electron chi connectivity index (χ4n) is 1.33. The third kappa shape index (κ3) is 4.17. The zero-order valence-corrected chi connectivity index (χ0v) is 10.5. The fourth-order valence-corrected chi connectivity index (χ4v) is 1.33. The normalized spacial score (nSPS) is 13.4. The summed E-state index contributed by atoms with van der Waals surface area (Å²) in [5, 5.41) is 2.64. The van der Waals surface area contributed by atoms with Gasteiger partial charge in [0.05, 0.1) is 0 Å². The number of rotatable bonds is 6. The van der Waals surface area contributed by atoms with E-state index in [1.54, 1.807) is 31.2 Å². The van der Waals surface area contributed by atoms with E-state index in [1.165, 1.54) is 7.11 Å². The highest BCUT2D eigenvalue weighted by Crippen LogP contribution is 2.09. The molecule has 5 nitrogen and oxygen atoms in total. The minimum absolute atomic E-state index is 0.0723. The van der Waals surface area contributed by atoms with Crippen LogP contribution in [0.4, 0.5) is 0 Å². The monoisotopic (exact) mass is 248 g/mol. The van der Waals surface area contributed by atoms with E-state index in [2.05, 4.69) is 10.2 Å². The van der Waals surface area contributed by atoms with Gasteiger partial charge in [0.25, 0.3) is 5.91 Å². The van der Waals surface area contributed by atoms with Crippen molar-refractivity contribution in [3.05, 3.63) is 47.3 Å². The van der Waals surface area contributed by atoms with E-state index in [1.807, 2.05) is 6.07 Å². The Hall–Kier alpha value is -1.90. The Bertz CT molecular complexity index is 428. The van der Waals surface area contributed by atoms with Crippen molar-refractivity contribution in [2.75, 3.05) is 20.5 Å². The van der Waals surface area contributed by atoms with Crippen LogP contribution in [0.3, 0.4) is 0 Å². The first-order valence-corrected chi connectivity index (χ1v) is 5.44. The molecule has 1 atom stereocenters. The first-order valence-electron chi connectivity index (χ1n) is 5.44. The fraction of sp³-hybridized carbons (Fsp3) is 0.385. The molecule has 0 aromatic heterocycles. The van der Waals surface area contributed by atoms with Gasteiger partial charge in [0.2, 0.25) is 0 Å². The summed E-state index contributed by atoms with van der Waals surface area (Å²) in [7, 11) is 1.50. The second kappa shape index (κ2) is 6.74. The van der Waals surface area contributed by atoms with E-state index in [9.17, 15) is 4.79 Å². The van der Waals surface area contributed by atoms with E-state index < -0.39 is 5.66 Å². The number of carbonyl (C=O) groups is 1. The number of carbonyl (C=O) groups excluding carboxylic acids is 1. The number of amides is 1. The molecule has 1 aromatic carbocycles. The van der Waals surface area contributed by atoms with Crippen molar-refractivity contribution >= 4 is 5.91 Å². The second-order valence-electron chi connectivity index (χ2n) is 3.96. The number of benzene rings is 1. The van der Waals surface area contributed by atoms with Crippen molar-refractivity contribution < 1.29 is 14.3 Å². The Labute approximate surface area is 107 Å². The zero-order chi connectivity index (χ0) is 13.4. The van der Waals surface area contributed by atoms with Crippen LogP contribution in [0.25, 0.3) is 4.85 Å². The van der Waals surface area contributed by atoms with Gasteiger partial charge in [-0.25, -0.2) is 6.57 Å². The molecule has 0 spiro atoms. The summed E-state index contributed by atoms with van der Waals surface area (Å²) in [6.45, 7) is 8.91. The Balaban J connectivity index is 2.63. The Kier molecular flexibility index (Phi) is 5.31. The molecule has 0 aliphatic rings. The molecule has 0 saturated heterocycles. The smallest absolute Gasteiger partial charge is 0.328 e. The minimum Gasteiger partial charge on any atom is -0.359 e. The van der Waals surface area contributed by atoms with Crippen LogP contribution in [0.2, 0.25) is 0 Å². The van der Waals surface area contributed by atoms with Gasteiger partial charge in [0.15, 0.2) is 0 Å². The van der Waals surface area contributed by atoms with Crippen LogP contribution in [0.15, 0.2) is 30.3 Å². The number of nitrogens with one attached hydrogen (secondary N) is 1. The molecule has 0 aliphatic carbocycles. The number of ether oxygens (including phenoxy) is 2. The van der Waals surface area contributed by atoms with Crippen molar-refractivity contribution in [1.82, 2.24) is 5.32 Å². The highest BCUT2D eigenvalue weighted by atomic mass is 16.7. The highest BCUT2D eigenvalue weighted by molar-refractivity contribution is 5.94. The van der Waals surface area contributed by atoms with Crippen molar-refractivity contribution in [3.63, 3.8) is 0 Å². The van der Waals surface area contributed by atoms with E-state index in [-0.39, 0.29) is 19.3 Å². The van der Waals surface area contributed by atoms with Gasteiger partial charge < -0.3 is 9.47 Å². The predicted octanol–water partition coefficient (Wildman–Crippen LogP) is 1.67. The lowest BCUT2D eigenvalue weighted by molar-refractivity contribution is -0.0443. The van der Waals surface area contributed by atoms with E-state index >= 15 is 0 Å². The summed E-state index contributed by atoms with van der Waals surface area (Å²) in [6, 6.07) is 8.75. The van der Waals surface area contributed by atoms with Crippen molar-refractivity contribution in [2.24, 2.45) is 0 Å². The summed E-state index contributed by atoms with van der Waals surface area (Å²) >= 11 is 0. The van der Waals surface area contributed by atoms with Crippen LogP contribution in [-0.4, -0.2) is 32.1 Å². The molecule has 0 radical (unpaired) electrons. The maximum atomic E-state index is 11.9. The van der Waals surface area contributed by atoms with E-state index in [0.717, 1.165) is 0 Å². The average Bonchev–Trinajstić information content (AvgIpc) is 2.40. The highest BCUT2D eigenvalue weighted by Gasteiger charge is 2.32. The molecule has 1 rings (SSSR count). The summed E-state index contributed by atoms with van der Waals surface area (Å²) in [4.78, 5) is 15.3. The molecule has 1 N–H and O–H groups in total. The van der Waals surface area contributed by atoms with Crippen LogP contribution in [0.5, 0.6) is 0 Å². The summed E-state index contributed by atoms with van der Waals surface area (Å²) in [5.74, 6) is -0.296. The first kappa shape index (κ1) is 14.2. The molecule has 0 saturated carbocycles. The van der Waals surface area contributed by atoms with Crippen molar-refractivity contribution in [1.29, 1.82) is 0 Å². The van der Waals surface area contributed by atoms with Gasteiger partial charge in [-0.3, -0.25) is 15.0 Å². The molecule has 0 bridgehead atoms. The van der Waals surface area contributed by atoms with Crippen molar-refractivity contribution in [2.45, 2.75) is 12.6 Å². The minimum atomic E-state index is -1.09. The number of nitrogens with zero attached hydrogens (tertiary/aromatic N) is 1. The Morgan fingerprint density at radius 2 is 2.11 bits per heavy atom. The van der Waals surface area contributed by atoms with Gasteiger partial charge in [0.1, 0.15) is 13.4 Å². The molecular formula is C13H16N2O3. The quantitative estimate of drug-likeness (QED) is 0.473. The molecule has 0 aliphatic heterocycles. The average molecular weight is 248 g/mol. The first-order chi connectivity index (χ1) is 8.61. The molecule has 0 fully saturated rings. The molecule has 0 heterocycles. The third-order valence-corrected chi connectivity index (χ3v) is 2.25. The Morgan fingerprint density at radius 1 is 1.44 bits per heavy atom. The van der Waals surface area contributed by atoms with Gasteiger partial charge in [-0.05, 0) is 12.1 Å². The molecule has 96 valence electrons. The maximum Gasteiger partial charge on any atom is 0.328 e.